The van der Waals surface area contributed by atoms with Crippen molar-refractivity contribution >= 4 is 17.3 Å². The predicted octanol–water partition coefficient (Wildman–Crippen LogP) is 3.15. The van der Waals surface area contributed by atoms with Crippen LogP contribution in [0.2, 0.25) is 0 Å². The minimum Gasteiger partial charge on any atom is -0.475 e. The topological polar surface area (TPSA) is 89.3 Å². The molecule has 0 aliphatic carbocycles. The Morgan fingerprint density at radius 2 is 1.05 bits per heavy atom. The number of hydrogen-bond acceptors (Lipinski definition) is 3. The van der Waals surface area contributed by atoms with Crippen LogP contribution < -0.4 is 11.5 Å². The first kappa shape index (κ1) is 16.4. The van der Waals surface area contributed by atoms with Gasteiger partial charge in [-0.1, -0.05) is 24.3 Å². The second kappa shape index (κ2) is 6.65. The molecule has 0 radical (unpaired) electrons. The minimum atomic E-state index is -5.08. The molecule has 21 heavy (non-hydrogen) atoms. The molecule has 0 saturated heterocycles. The third kappa shape index (κ3) is 5.43. The van der Waals surface area contributed by atoms with Crippen molar-refractivity contribution in [2.75, 3.05) is 11.5 Å². The zero-order valence-corrected chi connectivity index (χ0v) is 10.8. The van der Waals surface area contributed by atoms with Crippen LogP contribution in [0.1, 0.15) is 0 Å². The Bertz CT molecular complexity index is 550. The second-order valence-electron chi connectivity index (χ2n) is 4.05. The van der Waals surface area contributed by atoms with Gasteiger partial charge in [0.05, 0.1) is 0 Å². The van der Waals surface area contributed by atoms with Gasteiger partial charge in [0.1, 0.15) is 0 Å². The van der Waals surface area contributed by atoms with Gasteiger partial charge in [0, 0.05) is 11.4 Å². The largest absolute Gasteiger partial charge is 0.490 e. The number of anilines is 2. The number of carbonyl (C=O) groups is 1. The van der Waals surface area contributed by atoms with E-state index < -0.39 is 12.1 Å². The molecule has 0 saturated carbocycles. The molecule has 0 spiro atoms. The van der Waals surface area contributed by atoms with Gasteiger partial charge in [0.15, 0.2) is 0 Å². The van der Waals surface area contributed by atoms with Crippen molar-refractivity contribution in [3.8, 4) is 11.1 Å². The molecule has 2 aromatic rings. The molecule has 0 aliphatic rings. The Kier molecular flexibility index (Phi) is 5.18. The molecule has 0 aromatic heterocycles. The molecule has 0 aliphatic heterocycles. The number of alkyl halides is 3. The lowest BCUT2D eigenvalue weighted by Gasteiger charge is -2.02. The highest BCUT2D eigenvalue weighted by molar-refractivity contribution is 5.73. The fourth-order valence-electron chi connectivity index (χ4n) is 1.35. The molecule has 0 atom stereocenters. The Morgan fingerprint density at radius 1 is 0.810 bits per heavy atom. The van der Waals surface area contributed by atoms with Gasteiger partial charge >= 0.3 is 12.1 Å². The van der Waals surface area contributed by atoms with Crippen molar-refractivity contribution in [3.05, 3.63) is 48.5 Å². The maximum Gasteiger partial charge on any atom is 0.490 e. The molecule has 4 nitrogen and oxygen atoms in total. The summed E-state index contributed by atoms with van der Waals surface area (Å²) in [5.74, 6) is -2.76. The summed E-state index contributed by atoms with van der Waals surface area (Å²) in [5.41, 5.74) is 15.1. The van der Waals surface area contributed by atoms with E-state index in [2.05, 4.69) is 0 Å². The van der Waals surface area contributed by atoms with E-state index in [0.717, 1.165) is 22.5 Å². The Labute approximate surface area is 118 Å². The van der Waals surface area contributed by atoms with Gasteiger partial charge in [-0.2, -0.15) is 13.2 Å². The third-order valence-electron chi connectivity index (χ3n) is 2.40. The summed E-state index contributed by atoms with van der Waals surface area (Å²) in [6.45, 7) is 0. The number of carboxylic acid groups (broad SMARTS) is 1. The van der Waals surface area contributed by atoms with Crippen LogP contribution in [0.25, 0.3) is 11.1 Å². The van der Waals surface area contributed by atoms with Crippen molar-refractivity contribution in [1.29, 1.82) is 0 Å². The Balaban J connectivity index is 0.000000270. The Morgan fingerprint density at radius 3 is 1.24 bits per heavy atom. The fraction of sp³-hybridized carbons (Fsp3) is 0.0714. The molecule has 0 bridgehead atoms. The van der Waals surface area contributed by atoms with Gasteiger partial charge in [-0.05, 0) is 35.4 Å². The molecule has 0 fully saturated rings. The highest BCUT2D eigenvalue weighted by atomic mass is 19.4. The quantitative estimate of drug-likeness (QED) is 0.705. The number of rotatable bonds is 1. The molecular formula is C14H13F3N2O2. The van der Waals surface area contributed by atoms with E-state index in [9.17, 15) is 13.2 Å². The smallest absolute Gasteiger partial charge is 0.475 e. The highest BCUT2D eigenvalue weighted by Gasteiger charge is 2.38. The van der Waals surface area contributed by atoms with Crippen molar-refractivity contribution in [2.24, 2.45) is 0 Å². The first-order valence-corrected chi connectivity index (χ1v) is 5.71. The average molecular weight is 298 g/mol. The summed E-state index contributed by atoms with van der Waals surface area (Å²) >= 11 is 0. The number of nitrogens with two attached hydrogens (primary N) is 2. The normalized spacial score (nSPS) is 10.4. The van der Waals surface area contributed by atoms with Crippen molar-refractivity contribution in [3.63, 3.8) is 0 Å². The van der Waals surface area contributed by atoms with Crippen molar-refractivity contribution in [1.82, 2.24) is 0 Å². The summed E-state index contributed by atoms with van der Waals surface area (Å²) in [6.07, 6.45) is -5.08. The SMILES string of the molecule is Nc1ccc(-c2ccc(N)cc2)cc1.O=C(O)C(F)(F)F. The number of carboxylic acids is 1. The van der Waals surface area contributed by atoms with E-state index in [1.807, 2.05) is 48.5 Å². The van der Waals surface area contributed by atoms with Crippen LogP contribution in [-0.2, 0) is 4.79 Å². The first-order chi connectivity index (χ1) is 9.70. The molecule has 2 aromatic carbocycles. The van der Waals surface area contributed by atoms with E-state index in [0.29, 0.717) is 0 Å². The van der Waals surface area contributed by atoms with E-state index in [1.165, 1.54) is 0 Å². The fourth-order valence-corrected chi connectivity index (χ4v) is 1.35. The van der Waals surface area contributed by atoms with Crippen LogP contribution in [0.15, 0.2) is 48.5 Å². The minimum absolute atomic E-state index is 0.782. The van der Waals surface area contributed by atoms with Crippen molar-refractivity contribution in [2.45, 2.75) is 6.18 Å². The summed E-state index contributed by atoms with van der Waals surface area (Å²) in [7, 11) is 0. The van der Waals surface area contributed by atoms with E-state index in [1.54, 1.807) is 0 Å². The van der Waals surface area contributed by atoms with Gasteiger partial charge in [0.25, 0.3) is 0 Å². The summed E-state index contributed by atoms with van der Waals surface area (Å²) in [5, 5.41) is 7.12. The summed E-state index contributed by atoms with van der Waals surface area (Å²) in [6, 6.07) is 15.6. The molecule has 7 heteroatoms. The number of aliphatic carboxylic acids is 1. The molecule has 0 amide bonds. The summed E-state index contributed by atoms with van der Waals surface area (Å²) < 4.78 is 31.7. The molecule has 5 N–H and O–H groups in total. The van der Waals surface area contributed by atoms with Crippen LogP contribution in [-0.4, -0.2) is 17.3 Å². The first-order valence-electron chi connectivity index (χ1n) is 5.71. The number of hydrogen-bond donors (Lipinski definition) is 3. The standard InChI is InChI=1S/C12H12N2.C2HF3O2/c13-11-5-1-9(2-6-11)10-3-7-12(14)8-4-10;3-2(4,5)1(6)7/h1-8H,13-14H2;(H,6,7). The Hall–Kier alpha value is -2.70. The van der Waals surface area contributed by atoms with Gasteiger partial charge < -0.3 is 16.6 Å². The summed E-state index contributed by atoms with van der Waals surface area (Å²) in [4.78, 5) is 8.90. The van der Waals surface area contributed by atoms with Crippen molar-refractivity contribution < 1.29 is 23.1 Å². The second-order valence-corrected chi connectivity index (χ2v) is 4.05. The molecule has 2 rings (SSSR count). The lowest BCUT2D eigenvalue weighted by atomic mass is 10.1. The highest BCUT2D eigenvalue weighted by Crippen LogP contribution is 2.21. The van der Waals surface area contributed by atoms with Crippen LogP contribution in [0.3, 0.4) is 0 Å². The number of benzene rings is 2. The third-order valence-corrected chi connectivity index (χ3v) is 2.40. The predicted molar refractivity (Wildman–Crippen MR) is 74.4 cm³/mol. The van der Waals surface area contributed by atoms with Crippen LogP contribution in [0.4, 0.5) is 24.5 Å². The van der Waals surface area contributed by atoms with Gasteiger partial charge in [-0.25, -0.2) is 4.79 Å². The maximum absolute atomic E-state index is 10.6. The van der Waals surface area contributed by atoms with Gasteiger partial charge in [0.2, 0.25) is 0 Å². The zero-order valence-electron chi connectivity index (χ0n) is 10.8. The maximum atomic E-state index is 10.6. The van der Waals surface area contributed by atoms with Gasteiger partial charge in [-0.3, -0.25) is 0 Å². The molecule has 0 heterocycles. The zero-order chi connectivity index (χ0) is 16.0. The monoisotopic (exact) mass is 298 g/mol. The van der Waals surface area contributed by atoms with Gasteiger partial charge in [-0.15, -0.1) is 0 Å². The van der Waals surface area contributed by atoms with Crippen LogP contribution in [0, 0.1) is 0 Å². The molecule has 0 unspecified atom stereocenters. The lowest BCUT2D eigenvalue weighted by Crippen LogP contribution is -2.21. The molecule has 112 valence electrons. The number of halogens is 3. The van der Waals surface area contributed by atoms with Crippen LogP contribution >= 0.6 is 0 Å². The van der Waals surface area contributed by atoms with Crippen LogP contribution in [0.5, 0.6) is 0 Å². The average Bonchev–Trinajstić information content (AvgIpc) is 2.40. The van der Waals surface area contributed by atoms with E-state index in [4.69, 9.17) is 21.4 Å². The molecular weight excluding hydrogens is 285 g/mol. The number of nitrogen functional groups attached to an aromatic ring is 2. The van der Waals surface area contributed by atoms with E-state index in [-0.39, 0.29) is 0 Å². The van der Waals surface area contributed by atoms with E-state index >= 15 is 0 Å². The lowest BCUT2D eigenvalue weighted by molar-refractivity contribution is -0.192.